The maximum Gasteiger partial charge on any atom is 0.309 e. The Morgan fingerprint density at radius 2 is 1.90 bits per heavy atom. The Hall–Kier alpha value is -1.17. The Morgan fingerprint density at radius 3 is 2.20 bits per heavy atom. The molecule has 2 amide bonds. The predicted octanol–water partition coefficient (Wildman–Crippen LogP) is -2.13. The third kappa shape index (κ3) is 3.79. The lowest BCUT2D eigenvalue weighted by atomic mass is 10.5. The lowest BCUT2D eigenvalue weighted by molar-refractivity contribution is -0.137. The monoisotopic (exact) mass is 161 g/mol. The van der Waals surface area contributed by atoms with Crippen LogP contribution in [0.1, 0.15) is 0 Å². The van der Waals surface area contributed by atoms with Gasteiger partial charge in [0.2, 0.25) is 0 Å². The molecule has 5 nitrogen and oxygen atoms in total. The van der Waals surface area contributed by atoms with Crippen LogP contribution >= 0.6 is 12.2 Å². The number of carbonyl (C=O) groups excluding carboxylic acids is 2. The first-order valence-corrected chi connectivity index (χ1v) is 2.81. The van der Waals surface area contributed by atoms with Crippen molar-refractivity contribution in [2.24, 2.45) is 11.5 Å². The molecule has 0 fully saturated rings. The maximum atomic E-state index is 10.3. The van der Waals surface area contributed by atoms with Crippen molar-refractivity contribution in [3.63, 3.8) is 0 Å². The number of nitrogens with two attached hydrogens (primary N) is 2. The van der Waals surface area contributed by atoms with Crippen molar-refractivity contribution in [2.45, 2.75) is 0 Å². The van der Waals surface area contributed by atoms with Crippen molar-refractivity contribution in [3.8, 4) is 0 Å². The van der Waals surface area contributed by atoms with Crippen LogP contribution in [0.3, 0.4) is 0 Å². The quantitative estimate of drug-likeness (QED) is 0.318. The highest BCUT2D eigenvalue weighted by atomic mass is 32.1. The van der Waals surface area contributed by atoms with Crippen molar-refractivity contribution in [1.29, 1.82) is 0 Å². The van der Waals surface area contributed by atoms with E-state index in [-0.39, 0.29) is 11.5 Å². The third-order valence-electron chi connectivity index (χ3n) is 0.647. The molecule has 0 aromatic rings. The van der Waals surface area contributed by atoms with E-state index in [4.69, 9.17) is 5.73 Å². The number of rotatable bonds is 2. The van der Waals surface area contributed by atoms with Gasteiger partial charge in [-0.25, -0.2) is 0 Å². The van der Waals surface area contributed by atoms with E-state index in [0.29, 0.717) is 0 Å². The van der Waals surface area contributed by atoms with Crippen LogP contribution in [0.25, 0.3) is 0 Å². The fourth-order valence-electron chi connectivity index (χ4n) is 0.255. The molecule has 0 rings (SSSR count). The van der Waals surface area contributed by atoms with E-state index in [1.807, 2.05) is 0 Å². The van der Waals surface area contributed by atoms with Gasteiger partial charge < -0.3 is 16.8 Å². The van der Waals surface area contributed by atoms with Crippen LogP contribution in [0.4, 0.5) is 0 Å². The first-order chi connectivity index (χ1) is 4.54. The minimum Gasteiger partial charge on any atom is -0.392 e. The summed E-state index contributed by atoms with van der Waals surface area (Å²) >= 11 is 4.41. The summed E-state index contributed by atoms with van der Waals surface area (Å²) in [7, 11) is 0. The summed E-state index contributed by atoms with van der Waals surface area (Å²) in [6, 6.07) is 0. The second kappa shape index (κ2) is 3.78. The molecule has 0 spiro atoms. The molecule has 0 aliphatic rings. The zero-order valence-electron chi connectivity index (χ0n) is 5.09. The molecule has 0 saturated carbocycles. The molecule has 0 aliphatic carbocycles. The second-order valence-corrected chi connectivity index (χ2v) is 2.04. The second-order valence-electron chi connectivity index (χ2n) is 1.51. The lowest BCUT2D eigenvalue weighted by Crippen LogP contribution is -2.40. The zero-order valence-corrected chi connectivity index (χ0v) is 5.90. The minimum atomic E-state index is -1.05. The van der Waals surface area contributed by atoms with Gasteiger partial charge in [-0.2, -0.15) is 0 Å². The van der Waals surface area contributed by atoms with Gasteiger partial charge >= 0.3 is 11.8 Å². The average Bonchev–Trinajstić information content (AvgIpc) is 1.82. The fraction of sp³-hybridized carbons (Fsp3) is 0.250. The van der Waals surface area contributed by atoms with E-state index in [1.165, 1.54) is 0 Å². The minimum absolute atomic E-state index is 0.00287. The van der Waals surface area contributed by atoms with Gasteiger partial charge in [0.05, 0.1) is 11.5 Å². The van der Waals surface area contributed by atoms with E-state index in [9.17, 15) is 9.59 Å². The molecule has 0 aromatic heterocycles. The molecule has 0 atom stereocenters. The van der Waals surface area contributed by atoms with Crippen molar-refractivity contribution in [1.82, 2.24) is 5.32 Å². The largest absolute Gasteiger partial charge is 0.392 e. The molecule has 6 heteroatoms. The van der Waals surface area contributed by atoms with Gasteiger partial charge in [-0.3, -0.25) is 9.59 Å². The average molecular weight is 161 g/mol. The number of primary amides is 1. The fourth-order valence-corrected chi connectivity index (χ4v) is 0.327. The molecule has 56 valence electrons. The molecule has 10 heavy (non-hydrogen) atoms. The van der Waals surface area contributed by atoms with Gasteiger partial charge in [-0.1, -0.05) is 12.2 Å². The molecule has 0 radical (unpaired) electrons. The summed E-state index contributed by atoms with van der Waals surface area (Å²) < 4.78 is 0. The van der Waals surface area contributed by atoms with Crippen molar-refractivity contribution < 1.29 is 9.59 Å². The van der Waals surface area contributed by atoms with E-state index in [2.05, 4.69) is 23.3 Å². The third-order valence-corrected chi connectivity index (χ3v) is 0.791. The summed E-state index contributed by atoms with van der Waals surface area (Å²) in [6.45, 7) is -0.00287. The van der Waals surface area contributed by atoms with E-state index in [0.717, 1.165) is 0 Å². The summed E-state index contributed by atoms with van der Waals surface area (Å²) in [5, 5.41) is 2.10. The van der Waals surface area contributed by atoms with Crippen LogP contribution in [-0.4, -0.2) is 23.3 Å². The standard InChI is InChI=1S/C4H7N3O2S/c5-2(10)1-7-4(9)3(6)8/h1H2,(H2,5,10)(H2,6,8)(H,7,9). The van der Waals surface area contributed by atoms with Crippen molar-refractivity contribution in [3.05, 3.63) is 0 Å². The van der Waals surface area contributed by atoms with Crippen molar-refractivity contribution >= 4 is 29.0 Å². The SMILES string of the molecule is NC(=O)C(=O)NCC(N)=S. The van der Waals surface area contributed by atoms with Crippen LogP contribution in [0.2, 0.25) is 0 Å². The highest BCUT2D eigenvalue weighted by molar-refractivity contribution is 7.80. The van der Waals surface area contributed by atoms with E-state index >= 15 is 0 Å². The molecule has 5 N–H and O–H groups in total. The Labute approximate surface area is 62.7 Å². The predicted molar refractivity (Wildman–Crippen MR) is 39.0 cm³/mol. The van der Waals surface area contributed by atoms with Crippen molar-refractivity contribution in [2.75, 3.05) is 6.54 Å². The summed E-state index contributed by atoms with van der Waals surface area (Å²) in [6.07, 6.45) is 0. The Morgan fingerprint density at radius 1 is 1.40 bits per heavy atom. The first-order valence-electron chi connectivity index (χ1n) is 2.40. The van der Waals surface area contributed by atoms with Gasteiger partial charge in [0, 0.05) is 0 Å². The lowest BCUT2D eigenvalue weighted by Gasteiger charge is -1.97. The van der Waals surface area contributed by atoms with E-state index in [1.54, 1.807) is 0 Å². The molecule has 0 unspecified atom stereocenters. The Balaban J connectivity index is 3.60. The number of hydrogen-bond acceptors (Lipinski definition) is 3. The summed E-state index contributed by atoms with van der Waals surface area (Å²) in [4.78, 5) is 20.5. The number of amides is 2. The number of carbonyl (C=O) groups is 2. The Kier molecular flexibility index (Phi) is 3.34. The van der Waals surface area contributed by atoms with Gasteiger partial charge in [0.15, 0.2) is 0 Å². The van der Waals surface area contributed by atoms with Crippen LogP contribution in [0.5, 0.6) is 0 Å². The maximum absolute atomic E-state index is 10.3. The summed E-state index contributed by atoms with van der Waals surface area (Å²) in [5.74, 6) is -1.93. The molecular weight excluding hydrogens is 154 g/mol. The highest BCUT2D eigenvalue weighted by Crippen LogP contribution is 1.64. The smallest absolute Gasteiger partial charge is 0.309 e. The number of nitrogens with one attached hydrogen (secondary N) is 1. The zero-order chi connectivity index (χ0) is 8.15. The van der Waals surface area contributed by atoms with Crippen LogP contribution in [-0.2, 0) is 9.59 Å². The topological polar surface area (TPSA) is 98.2 Å². The molecule has 0 bridgehead atoms. The van der Waals surface area contributed by atoms with E-state index < -0.39 is 11.8 Å². The molecule has 0 aromatic carbocycles. The Bertz CT molecular complexity index is 179. The normalized spacial score (nSPS) is 8.40. The summed E-state index contributed by atoms with van der Waals surface area (Å²) in [5.41, 5.74) is 9.59. The van der Waals surface area contributed by atoms with Crippen LogP contribution in [0.15, 0.2) is 0 Å². The van der Waals surface area contributed by atoms with Crippen LogP contribution in [0, 0.1) is 0 Å². The number of thiocarbonyl (C=S) groups is 1. The number of hydrogen-bond donors (Lipinski definition) is 3. The highest BCUT2D eigenvalue weighted by Gasteiger charge is 2.06. The molecule has 0 aliphatic heterocycles. The van der Waals surface area contributed by atoms with Gasteiger partial charge in [-0.15, -0.1) is 0 Å². The van der Waals surface area contributed by atoms with Crippen LogP contribution < -0.4 is 16.8 Å². The van der Waals surface area contributed by atoms with Gasteiger partial charge in [0.1, 0.15) is 0 Å². The van der Waals surface area contributed by atoms with Gasteiger partial charge in [-0.05, 0) is 0 Å². The first kappa shape index (κ1) is 8.83. The molecular formula is C4H7N3O2S. The molecule has 0 saturated heterocycles. The van der Waals surface area contributed by atoms with Gasteiger partial charge in [0.25, 0.3) is 0 Å². The molecule has 0 heterocycles.